The smallest absolute Gasteiger partial charge is 0.171 e. The molecule has 3 aliphatic carbocycles. The molecule has 0 radical (unpaired) electrons. The fraction of sp³-hybridized carbons (Fsp3) is 0.500. The minimum absolute atomic E-state index is 0.0501. The largest absolute Gasteiger partial charge is 0.496 e. The van der Waals surface area contributed by atoms with E-state index in [9.17, 15) is 9.59 Å². The fourth-order valence-electron chi connectivity index (χ4n) is 4.55. The maximum Gasteiger partial charge on any atom is 0.171 e. The lowest BCUT2D eigenvalue weighted by molar-refractivity contribution is 0.0658. The number of carbonyl (C=O) groups is 2. The molecular weight excluding hydrogens is 240 g/mol. The van der Waals surface area contributed by atoms with E-state index in [0.717, 1.165) is 19.3 Å². The van der Waals surface area contributed by atoms with Crippen LogP contribution in [0.2, 0.25) is 0 Å². The van der Waals surface area contributed by atoms with E-state index in [1.807, 2.05) is 0 Å². The molecule has 4 rings (SSSR count). The van der Waals surface area contributed by atoms with Gasteiger partial charge in [0.2, 0.25) is 0 Å². The maximum absolute atomic E-state index is 12.8. The summed E-state index contributed by atoms with van der Waals surface area (Å²) in [4.78, 5) is 25.5. The van der Waals surface area contributed by atoms with Crippen LogP contribution in [0, 0.1) is 23.7 Å². The van der Waals surface area contributed by atoms with Crippen LogP contribution in [0.3, 0.4) is 0 Å². The van der Waals surface area contributed by atoms with Gasteiger partial charge >= 0.3 is 0 Å². The summed E-state index contributed by atoms with van der Waals surface area (Å²) in [5.74, 6) is 1.60. The lowest BCUT2D eigenvalue weighted by Gasteiger charge is -2.34. The number of ether oxygens (including phenoxy) is 1. The zero-order valence-electron chi connectivity index (χ0n) is 10.9. The third-order valence-corrected chi connectivity index (χ3v) is 5.28. The van der Waals surface area contributed by atoms with Crippen LogP contribution in [0.15, 0.2) is 18.2 Å². The molecule has 19 heavy (non-hydrogen) atoms. The van der Waals surface area contributed by atoms with Gasteiger partial charge in [0.25, 0.3) is 0 Å². The number of hydrogen-bond donors (Lipinski definition) is 0. The zero-order valence-corrected chi connectivity index (χ0v) is 10.9. The van der Waals surface area contributed by atoms with Crippen LogP contribution in [-0.4, -0.2) is 18.7 Å². The number of carbonyl (C=O) groups excluding carboxylic acids is 2. The van der Waals surface area contributed by atoms with Crippen molar-refractivity contribution in [3.8, 4) is 5.75 Å². The van der Waals surface area contributed by atoms with Crippen molar-refractivity contribution in [3.63, 3.8) is 0 Å². The van der Waals surface area contributed by atoms with E-state index in [2.05, 4.69) is 0 Å². The zero-order chi connectivity index (χ0) is 13.1. The van der Waals surface area contributed by atoms with Crippen molar-refractivity contribution in [2.24, 2.45) is 23.7 Å². The van der Waals surface area contributed by atoms with E-state index in [4.69, 9.17) is 4.74 Å². The highest BCUT2D eigenvalue weighted by Gasteiger charge is 2.57. The van der Waals surface area contributed by atoms with E-state index in [1.54, 1.807) is 25.3 Å². The average molecular weight is 256 g/mol. The van der Waals surface area contributed by atoms with E-state index >= 15 is 0 Å². The highest BCUT2D eigenvalue weighted by molar-refractivity contribution is 6.18. The molecule has 0 heterocycles. The number of ketones is 2. The lowest BCUT2D eigenvalue weighted by atomic mass is 9.67. The summed E-state index contributed by atoms with van der Waals surface area (Å²) in [5, 5.41) is 0. The second-order valence-corrected chi connectivity index (χ2v) is 6.00. The van der Waals surface area contributed by atoms with Crippen molar-refractivity contribution in [2.45, 2.75) is 19.3 Å². The molecule has 1 aromatic rings. The molecule has 2 fully saturated rings. The molecule has 2 bridgehead atoms. The molecule has 0 aliphatic heterocycles. The molecule has 1 aromatic carbocycles. The van der Waals surface area contributed by atoms with Gasteiger partial charge in [-0.2, -0.15) is 0 Å². The molecule has 3 nitrogen and oxygen atoms in total. The Morgan fingerprint density at radius 2 is 1.74 bits per heavy atom. The Bertz CT molecular complexity index is 590. The van der Waals surface area contributed by atoms with Gasteiger partial charge in [-0.3, -0.25) is 9.59 Å². The van der Waals surface area contributed by atoms with Crippen LogP contribution in [-0.2, 0) is 0 Å². The summed E-state index contributed by atoms with van der Waals surface area (Å²) in [6.45, 7) is 0. The highest BCUT2D eigenvalue weighted by Crippen LogP contribution is 2.56. The first-order chi connectivity index (χ1) is 9.22. The van der Waals surface area contributed by atoms with Crippen LogP contribution in [0.25, 0.3) is 0 Å². The van der Waals surface area contributed by atoms with Crippen molar-refractivity contribution in [2.75, 3.05) is 7.11 Å². The first kappa shape index (κ1) is 11.2. The third-order valence-electron chi connectivity index (χ3n) is 5.28. The molecule has 4 unspecified atom stereocenters. The monoisotopic (exact) mass is 256 g/mol. The van der Waals surface area contributed by atoms with E-state index in [0.29, 0.717) is 28.7 Å². The summed E-state index contributed by atoms with van der Waals surface area (Å²) in [5.41, 5.74) is 1.11. The van der Waals surface area contributed by atoms with E-state index < -0.39 is 0 Å². The third kappa shape index (κ3) is 1.28. The molecule has 0 spiro atoms. The Morgan fingerprint density at radius 3 is 2.42 bits per heavy atom. The first-order valence-electron chi connectivity index (χ1n) is 6.97. The minimum atomic E-state index is -0.0740. The standard InChI is InChI=1S/C16H16O3/c1-19-11-4-2-3-10-14(11)16(18)13-9-6-5-8(7-9)12(13)15(10)17/h2-4,8-9,12-13H,5-7H2,1H3. The van der Waals surface area contributed by atoms with Crippen molar-refractivity contribution >= 4 is 11.6 Å². The number of hydrogen-bond acceptors (Lipinski definition) is 3. The van der Waals surface area contributed by atoms with Crippen LogP contribution in [0.5, 0.6) is 5.75 Å². The molecule has 2 saturated carbocycles. The van der Waals surface area contributed by atoms with Gasteiger partial charge in [-0.25, -0.2) is 0 Å². The molecule has 0 amide bonds. The van der Waals surface area contributed by atoms with Gasteiger partial charge in [0.1, 0.15) is 5.75 Å². The number of methoxy groups -OCH3 is 1. The maximum atomic E-state index is 12.8. The van der Waals surface area contributed by atoms with Crippen LogP contribution >= 0.6 is 0 Å². The second kappa shape index (κ2) is 3.69. The molecule has 3 heteroatoms. The van der Waals surface area contributed by atoms with Gasteiger partial charge in [-0.05, 0) is 37.2 Å². The number of benzene rings is 1. The quantitative estimate of drug-likeness (QED) is 0.776. The average Bonchev–Trinajstić information content (AvgIpc) is 3.04. The Balaban J connectivity index is 1.92. The summed E-state index contributed by atoms with van der Waals surface area (Å²) in [6, 6.07) is 5.36. The molecular formula is C16H16O3. The Morgan fingerprint density at radius 1 is 1.05 bits per heavy atom. The Labute approximate surface area is 111 Å². The van der Waals surface area contributed by atoms with Crippen molar-refractivity contribution in [1.29, 1.82) is 0 Å². The molecule has 3 aliphatic rings. The number of Topliss-reactive ketones (excluding diaryl/α,β-unsaturated/α-hetero) is 2. The summed E-state index contributed by atoms with van der Waals surface area (Å²) in [6.07, 6.45) is 3.28. The molecule has 0 N–H and O–H groups in total. The van der Waals surface area contributed by atoms with E-state index in [1.165, 1.54) is 0 Å². The number of rotatable bonds is 1. The Hall–Kier alpha value is -1.64. The molecule has 4 atom stereocenters. The fourth-order valence-corrected chi connectivity index (χ4v) is 4.55. The molecule has 0 aromatic heterocycles. The van der Waals surface area contributed by atoms with E-state index in [-0.39, 0.29) is 23.4 Å². The van der Waals surface area contributed by atoms with Gasteiger partial charge in [-0.15, -0.1) is 0 Å². The summed E-state index contributed by atoms with van der Waals surface area (Å²) in [7, 11) is 1.56. The van der Waals surface area contributed by atoms with Gasteiger partial charge in [0, 0.05) is 17.4 Å². The van der Waals surface area contributed by atoms with Gasteiger partial charge < -0.3 is 4.74 Å². The van der Waals surface area contributed by atoms with Crippen molar-refractivity contribution in [1.82, 2.24) is 0 Å². The van der Waals surface area contributed by atoms with Crippen molar-refractivity contribution in [3.05, 3.63) is 29.3 Å². The van der Waals surface area contributed by atoms with Crippen molar-refractivity contribution < 1.29 is 14.3 Å². The SMILES string of the molecule is COc1cccc2c1C(=O)C1C3CCC(C3)C1C2=O. The van der Waals surface area contributed by atoms with Gasteiger partial charge in [0.15, 0.2) is 11.6 Å². The lowest BCUT2D eigenvalue weighted by Crippen LogP contribution is -2.40. The first-order valence-corrected chi connectivity index (χ1v) is 6.97. The predicted octanol–water partition coefficient (Wildman–Crippen LogP) is 2.74. The molecule has 98 valence electrons. The van der Waals surface area contributed by atoms with Crippen LogP contribution in [0.1, 0.15) is 40.0 Å². The van der Waals surface area contributed by atoms with Gasteiger partial charge in [-0.1, -0.05) is 12.1 Å². The molecule has 0 saturated heterocycles. The summed E-state index contributed by atoms with van der Waals surface area (Å²) >= 11 is 0. The van der Waals surface area contributed by atoms with Gasteiger partial charge in [0.05, 0.1) is 12.7 Å². The normalized spacial score (nSPS) is 35.2. The topological polar surface area (TPSA) is 43.4 Å². The van der Waals surface area contributed by atoms with Crippen LogP contribution in [0.4, 0.5) is 0 Å². The Kier molecular flexibility index (Phi) is 2.17. The summed E-state index contributed by atoms with van der Waals surface area (Å²) < 4.78 is 5.29. The second-order valence-electron chi connectivity index (χ2n) is 6.00. The highest BCUT2D eigenvalue weighted by atomic mass is 16.5. The van der Waals surface area contributed by atoms with Crippen LogP contribution < -0.4 is 4.74 Å². The minimum Gasteiger partial charge on any atom is -0.496 e. The predicted molar refractivity (Wildman–Crippen MR) is 69.5 cm³/mol. The number of fused-ring (bicyclic) bond motifs is 6.